The highest BCUT2D eigenvalue weighted by molar-refractivity contribution is 9.10. The lowest BCUT2D eigenvalue weighted by Gasteiger charge is -2.25. The molecule has 1 atom stereocenters. The van der Waals surface area contributed by atoms with Crippen molar-refractivity contribution in [2.24, 2.45) is 0 Å². The molecule has 1 amide bonds. The fourth-order valence-electron chi connectivity index (χ4n) is 3.66. The van der Waals surface area contributed by atoms with Crippen LogP contribution in [-0.4, -0.2) is 28.3 Å². The van der Waals surface area contributed by atoms with Crippen molar-refractivity contribution in [1.29, 1.82) is 0 Å². The Morgan fingerprint density at radius 2 is 1.90 bits per heavy atom. The lowest BCUT2D eigenvalue weighted by Crippen LogP contribution is -2.29. The molecule has 1 saturated heterocycles. The molecule has 2 heterocycles. The summed E-state index contributed by atoms with van der Waals surface area (Å²) >= 11 is 3.36. The number of rotatable bonds is 6. The first kappa shape index (κ1) is 20.9. The largest absolute Gasteiger partial charge is 0.507 e. The van der Waals surface area contributed by atoms with Gasteiger partial charge in [0, 0.05) is 10.0 Å². The topological polar surface area (TPSA) is 80.0 Å². The highest BCUT2D eigenvalue weighted by Gasteiger charge is 2.46. The Morgan fingerprint density at radius 1 is 1.13 bits per heavy atom. The van der Waals surface area contributed by atoms with E-state index < -0.39 is 17.7 Å². The first-order valence-electron chi connectivity index (χ1n) is 9.79. The summed E-state index contributed by atoms with van der Waals surface area (Å²) in [5.74, 6) is -0.496. The van der Waals surface area contributed by atoms with Crippen molar-refractivity contribution in [3.63, 3.8) is 0 Å². The van der Waals surface area contributed by atoms with E-state index in [0.29, 0.717) is 29.2 Å². The number of ether oxygens (including phenoxy) is 1. The van der Waals surface area contributed by atoms with Gasteiger partial charge in [0.2, 0.25) is 0 Å². The van der Waals surface area contributed by atoms with Crippen LogP contribution in [0.15, 0.2) is 81.4 Å². The number of halogens is 1. The third-order valence-electron chi connectivity index (χ3n) is 5.05. The van der Waals surface area contributed by atoms with Gasteiger partial charge in [-0.25, -0.2) is 0 Å². The first-order chi connectivity index (χ1) is 15.0. The molecule has 0 radical (unpaired) electrons. The number of hydrogen-bond acceptors (Lipinski definition) is 5. The quantitative estimate of drug-likeness (QED) is 0.302. The maximum atomic E-state index is 13.0. The smallest absolute Gasteiger partial charge is 0.296 e. The van der Waals surface area contributed by atoms with Crippen LogP contribution in [0.1, 0.15) is 29.9 Å². The number of aliphatic hydroxyl groups excluding tert-OH is 1. The fourth-order valence-corrected chi connectivity index (χ4v) is 3.93. The van der Waals surface area contributed by atoms with Gasteiger partial charge in [-0.15, -0.1) is 0 Å². The summed E-state index contributed by atoms with van der Waals surface area (Å²) < 4.78 is 11.8. The second kappa shape index (κ2) is 8.81. The molecule has 2 aromatic carbocycles. The minimum absolute atomic E-state index is 0.0347. The van der Waals surface area contributed by atoms with Crippen LogP contribution in [0.3, 0.4) is 0 Å². The number of hydrogen-bond donors (Lipinski definition) is 1. The molecular formula is C24H20BrNO5. The lowest BCUT2D eigenvalue weighted by atomic mass is 9.95. The highest BCUT2D eigenvalue weighted by atomic mass is 79.9. The SMILES string of the molecule is CCOc1cccc(C2/C(=C(/O)c3ccc(Br)cc3)C(=O)C(=O)N2Cc2ccco2)c1. The van der Waals surface area contributed by atoms with Gasteiger partial charge in [-0.3, -0.25) is 9.59 Å². The molecule has 158 valence electrons. The zero-order chi connectivity index (χ0) is 22.0. The van der Waals surface area contributed by atoms with Crippen molar-refractivity contribution in [2.45, 2.75) is 19.5 Å². The van der Waals surface area contributed by atoms with E-state index >= 15 is 0 Å². The molecule has 1 fully saturated rings. The summed E-state index contributed by atoms with van der Waals surface area (Å²) in [6.07, 6.45) is 1.51. The molecule has 1 aromatic heterocycles. The summed E-state index contributed by atoms with van der Waals surface area (Å²) in [6, 6.07) is 16.8. The van der Waals surface area contributed by atoms with Crippen LogP contribution in [0, 0.1) is 0 Å². The van der Waals surface area contributed by atoms with Crippen molar-refractivity contribution in [3.05, 3.63) is 93.9 Å². The molecule has 4 rings (SSSR count). The Labute approximate surface area is 187 Å². The van der Waals surface area contributed by atoms with E-state index in [4.69, 9.17) is 9.15 Å². The molecule has 1 N–H and O–H groups in total. The standard InChI is InChI=1S/C24H20BrNO5/c1-2-30-18-6-3-5-16(13-18)21-20(22(27)15-8-10-17(25)11-9-15)23(28)24(29)26(21)14-19-7-4-12-31-19/h3-13,21,27H,2,14H2,1H3/b22-20-. The van der Waals surface area contributed by atoms with Gasteiger partial charge in [-0.1, -0.05) is 40.2 Å². The number of aliphatic hydroxyl groups is 1. The van der Waals surface area contributed by atoms with Crippen molar-refractivity contribution in [1.82, 2.24) is 4.90 Å². The lowest BCUT2D eigenvalue weighted by molar-refractivity contribution is -0.140. The summed E-state index contributed by atoms with van der Waals surface area (Å²) in [6.45, 7) is 2.45. The molecule has 31 heavy (non-hydrogen) atoms. The predicted molar refractivity (Wildman–Crippen MR) is 118 cm³/mol. The zero-order valence-corrected chi connectivity index (χ0v) is 18.3. The number of ketones is 1. The summed E-state index contributed by atoms with van der Waals surface area (Å²) in [5, 5.41) is 11.1. The van der Waals surface area contributed by atoms with Gasteiger partial charge in [0.1, 0.15) is 17.3 Å². The third-order valence-corrected chi connectivity index (χ3v) is 5.58. The van der Waals surface area contributed by atoms with Gasteiger partial charge in [0.05, 0.1) is 31.0 Å². The first-order valence-corrected chi connectivity index (χ1v) is 10.6. The van der Waals surface area contributed by atoms with Gasteiger partial charge >= 0.3 is 0 Å². The van der Waals surface area contributed by atoms with Crippen molar-refractivity contribution in [3.8, 4) is 5.75 Å². The zero-order valence-electron chi connectivity index (χ0n) is 16.7. The van der Waals surface area contributed by atoms with Crippen LogP contribution in [0.5, 0.6) is 5.75 Å². The molecule has 0 saturated carbocycles. The normalized spacial score (nSPS) is 17.9. The van der Waals surface area contributed by atoms with Crippen LogP contribution >= 0.6 is 15.9 Å². The number of Topliss-reactive ketones (excluding diaryl/α,β-unsaturated/α-hetero) is 1. The van der Waals surface area contributed by atoms with Crippen molar-refractivity contribution in [2.75, 3.05) is 6.61 Å². The maximum absolute atomic E-state index is 13.0. The molecule has 0 spiro atoms. The maximum Gasteiger partial charge on any atom is 0.296 e. The minimum Gasteiger partial charge on any atom is -0.507 e. The molecule has 1 unspecified atom stereocenters. The molecule has 7 heteroatoms. The number of likely N-dealkylation sites (tertiary alicyclic amines) is 1. The number of carbonyl (C=O) groups is 2. The van der Waals surface area contributed by atoms with E-state index in [1.54, 1.807) is 54.6 Å². The minimum atomic E-state index is -0.783. The van der Waals surface area contributed by atoms with Crippen molar-refractivity contribution < 1.29 is 23.8 Å². The molecule has 6 nitrogen and oxygen atoms in total. The van der Waals surface area contributed by atoms with Gasteiger partial charge in [-0.2, -0.15) is 0 Å². The number of furan rings is 1. The number of amides is 1. The fraction of sp³-hybridized carbons (Fsp3) is 0.167. The average molecular weight is 482 g/mol. The predicted octanol–water partition coefficient (Wildman–Crippen LogP) is 5.06. The van der Waals surface area contributed by atoms with E-state index in [9.17, 15) is 14.7 Å². The van der Waals surface area contributed by atoms with Gasteiger partial charge < -0.3 is 19.2 Å². The number of carbonyl (C=O) groups excluding carboxylic acids is 2. The second-order valence-electron chi connectivity index (χ2n) is 7.02. The van der Waals surface area contributed by atoms with E-state index in [2.05, 4.69) is 15.9 Å². The van der Waals surface area contributed by atoms with E-state index in [1.807, 2.05) is 13.0 Å². The van der Waals surface area contributed by atoms with Crippen molar-refractivity contribution >= 4 is 33.4 Å². The summed E-state index contributed by atoms with van der Waals surface area (Å²) in [5.41, 5.74) is 1.15. The van der Waals surface area contributed by atoms with Crippen LogP contribution in [-0.2, 0) is 16.1 Å². The van der Waals surface area contributed by atoms with Crippen LogP contribution < -0.4 is 4.74 Å². The molecule has 3 aromatic rings. The Balaban J connectivity index is 1.86. The Kier molecular flexibility index (Phi) is 5.95. The Hall–Kier alpha value is -3.32. The van der Waals surface area contributed by atoms with Gasteiger partial charge in [-0.05, 0) is 48.9 Å². The summed E-state index contributed by atoms with van der Waals surface area (Å²) in [7, 11) is 0. The monoisotopic (exact) mass is 481 g/mol. The second-order valence-corrected chi connectivity index (χ2v) is 7.93. The summed E-state index contributed by atoms with van der Waals surface area (Å²) in [4.78, 5) is 27.4. The van der Waals surface area contributed by atoms with Gasteiger partial charge in [0.15, 0.2) is 0 Å². The van der Waals surface area contributed by atoms with E-state index in [0.717, 1.165) is 4.47 Å². The highest BCUT2D eigenvalue weighted by Crippen LogP contribution is 2.41. The van der Waals surface area contributed by atoms with Gasteiger partial charge in [0.25, 0.3) is 11.7 Å². The molecular weight excluding hydrogens is 462 g/mol. The van der Waals surface area contributed by atoms with Crippen LogP contribution in [0.25, 0.3) is 5.76 Å². The molecule has 1 aliphatic heterocycles. The average Bonchev–Trinajstić information content (AvgIpc) is 3.37. The Bertz CT molecular complexity index is 1140. The number of nitrogens with zero attached hydrogens (tertiary/aromatic N) is 1. The van der Waals surface area contributed by atoms with Crippen LogP contribution in [0.4, 0.5) is 0 Å². The number of benzene rings is 2. The van der Waals surface area contributed by atoms with Crippen LogP contribution in [0.2, 0.25) is 0 Å². The molecule has 0 bridgehead atoms. The Morgan fingerprint density at radius 3 is 2.58 bits per heavy atom. The molecule has 1 aliphatic rings. The molecule has 0 aliphatic carbocycles. The van der Waals surface area contributed by atoms with E-state index in [-0.39, 0.29) is 17.9 Å². The third kappa shape index (κ3) is 4.14. The van der Waals surface area contributed by atoms with E-state index in [1.165, 1.54) is 11.2 Å².